The first-order valence-corrected chi connectivity index (χ1v) is 7.45. The number of hydrogen-bond donors (Lipinski definition) is 1. The van der Waals surface area contributed by atoms with Gasteiger partial charge in [-0.3, -0.25) is 9.78 Å². The topological polar surface area (TPSA) is 68.3 Å². The van der Waals surface area contributed by atoms with Crippen molar-refractivity contribution in [1.29, 1.82) is 0 Å². The molecule has 0 spiro atoms. The van der Waals surface area contributed by atoms with E-state index < -0.39 is 5.97 Å². The van der Waals surface area contributed by atoms with E-state index in [0.717, 1.165) is 10.9 Å². The third kappa shape index (κ3) is 2.84. The number of benzene rings is 2. The van der Waals surface area contributed by atoms with Crippen molar-refractivity contribution in [3.8, 4) is 0 Å². The number of carbonyl (C=O) groups is 2. The van der Waals surface area contributed by atoms with E-state index in [0.29, 0.717) is 22.4 Å². The van der Waals surface area contributed by atoms with E-state index >= 15 is 0 Å². The van der Waals surface area contributed by atoms with Crippen molar-refractivity contribution >= 4 is 28.5 Å². The zero-order valence-corrected chi connectivity index (χ0v) is 13.4. The third-order valence-electron chi connectivity index (χ3n) is 3.88. The minimum Gasteiger partial charge on any atom is -0.465 e. The molecule has 0 fully saturated rings. The zero-order chi connectivity index (χ0) is 17.1. The number of nitrogens with one attached hydrogen (secondary N) is 1. The molecule has 0 bridgehead atoms. The van der Waals surface area contributed by atoms with Gasteiger partial charge in [-0.05, 0) is 42.8 Å². The number of anilines is 1. The first kappa shape index (κ1) is 15.7. The molecule has 0 aliphatic heterocycles. The summed E-state index contributed by atoms with van der Waals surface area (Å²) in [6.07, 6.45) is 1.69. The lowest BCUT2D eigenvalue weighted by Gasteiger charge is -2.12. The number of esters is 1. The minimum atomic E-state index is -0.432. The lowest BCUT2D eigenvalue weighted by molar-refractivity contribution is 0.0599. The lowest BCUT2D eigenvalue weighted by atomic mass is 10.1. The van der Waals surface area contributed by atoms with Gasteiger partial charge in [-0.15, -0.1) is 0 Å². The average Bonchev–Trinajstić information content (AvgIpc) is 2.62. The molecule has 0 saturated carbocycles. The van der Waals surface area contributed by atoms with Gasteiger partial charge in [0.25, 0.3) is 5.91 Å². The highest BCUT2D eigenvalue weighted by atomic mass is 16.5. The van der Waals surface area contributed by atoms with Crippen LogP contribution in [0.25, 0.3) is 10.9 Å². The van der Waals surface area contributed by atoms with Crippen LogP contribution in [0.1, 0.15) is 26.3 Å². The van der Waals surface area contributed by atoms with Crippen molar-refractivity contribution in [2.45, 2.75) is 6.92 Å². The summed E-state index contributed by atoms with van der Waals surface area (Å²) in [6, 6.07) is 14.2. The number of amides is 1. The lowest BCUT2D eigenvalue weighted by Crippen LogP contribution is -2.15. The van der Waals surface area contributed by atoms with Crippen LogP contribution in [-0.4, -0.2) is 24.0 Å². The van der Waals surface area contributed by atoms with E-state index in [1.807, 2.05) is 12.1 Å². The highest BCUT2D eigenvalue weighted by Gasteiger charge is 2.15. The molecule has 24 heavy (non-hydrogen) atoms. The van der Waals surface area contributed by atoms with E-state index in [-0.39, 0.29) is 5.91 Å². The Bertz CT molecular complexity index is 930. The molecular weight excluding hydrogens is 304 g/mol. The molecule has 1 aromatic heterocycles. The number of rotatable bonds is 3. The molecular formula is C19H16N2O3. The second kappa shape index (κ2) is 6.50. The van der Waals surface area contributed by atoms with Gasteiger partial charge in [-0.1, -0.05) is 18.2 Å². The van der Waals surface area contributed by atoms with E-state index in [1.165, 1.54) is 7.11 Å². The predicted molar refractivity (Wildman–Crippen MR) is 92.2 cm³/mol. The number of carbonyl (C=O) groups excluding carboxylic acids is 2. The summed E-state index contributed by atoms with van der Waals surface area (Å²) in [5.41, 5.74) is 2.95. The average molecular weight is 320 g/mol. The molecule has 0 radical (unpaired) electrons. The van der Waals surface area contributed by atoms with E-state index in [1.54, 1.807) is 49.5 Å². The first-order valence-electron chi connectivity index (χ1n) is 7.45. The minimum absolute atomic E-state index is 0.251. The van der Waals surface area contributed by atoms with Crippen LogP contribution < -0.4 is 5.32 Å². The van der Waals surface area contributed by atoms with Crippen molar-refractivity contribution in [1.82, 2.24) is 4.98 Å². The van der Waals surface area contributed by atoms with Crippen LogP contribution in [0.4, 0.5) is 5.69 Å². The normalized spacial score (nSPS) is 10.4. The molecule has 5 nitrogen and oxygen atoms in total. The van der Waals surface area contributed by atoms with Gasteiger partial charge >= 0.3 is 5.97 Å². The molecule has 0 atom stereocenters. The standard InChI is InChI=1S/C19H16N2O3/c1-12-13(19(23)24-2)6-3-9-16(12)21-18(22)15-7-4-10-17-14(15)8-5-11-20-17/h3-11H,1-2H3,(H,21,22). The SMILES string of the molecule is COC(=O)c1cccc(NC(=O)c2cccc3ncccc23)c1C. The molecule has 3 aromatic rings. The molecule has 0 saturated heterocycles. The first-order chi connectivity index (χ1) is 11.6. The number of pyridine rings is 1. The van der Waals surface area contributed by atoms with Crippen LogP contribution >= 0.6 is 0 Å². The van der Waals surface area contributed by atoms with Crippen molar-refractivity contribution < 1.29 is 14.3 Å². The Morgan fingerprint density at radius 3 is 2.54 bits per heavy atom. The van der Waals surface area contributed by atoms with Crippen molar-refractivity contribution in [3.05, 3.63) is 71.4 Å². The second-order valence-corrected chi connectivity index (χ2v) is 5.30. The molecule has 120 valence electrons. The Balaban J connectivity index is 1.97. The fourth-order valence-corrected chi connectivity index (χ4v) is 2.59. The Morgan fingerprint density at radius 1 is 1.00 bits per heavy atom. The molecule has 1 N–H and O–H groups in total. The van der Waals surface area contributed by atoms with Gasteiger partial charge in [0.15, 0.2) is 0 Å². The van der Waals surface area contributed by atoms with Gasteiger partial charge in [-0.25, -0.2) is 4.79 Å². The Kier molecular flexibility index (Phi) is 4.24. The quantitative estimate of drug-likeness (QED) is 0.749. The van der Waals surface area contributed by atoms with Gasteiger partial charge < -0.3 is 10.1 Å². The van der Waals surface area contributed by atoms with Gasteiger partial charge in [0, 0.05) is 22.8 Å². The van der Waals surface area contributed by atoms with Crippen LogP contribution in [0.3, 0.4) is 0 Å². The van der Waals surface area contributed by atoms with Crippen LogP contribution in [-0.2, 0) is 4.74 Å². The highest BCUT2D eigenvalue weighted by molar-refractivity contribution is 6.12. The van der Waals surface area contributed by atoms with Crippen LogP contribution in [0.5, 0.6) is 0 Å². The Labute approximate surface area is 139 Å². The number of ether oxygens (including phenoxy) is 1. The molecule has 1 amide bonds. The molecule has 2 aromatic carbocycles. The largest absolute Gasteiger partial charge is 0.465 e. The van der Waals surface area contributed by atoms with Gasteiger partial charge in [0.05, 0.1) is 18.2 Å². The maximum atomic E-state index is 12.7. The van der Waals surface area contributed by atoms with Crippen LogP contribution in [0, 0.1) is 6.92 Å². The fraction of sp³-hybridized carbons (Fsp3) is 0.105. The molecule has 3 rings (SSSR count). The summed E-state index contributed by atoms with van der Waals surface area (Å²) < 4.78 is 4.76. The maximum Gasteiger partial charge on any atom is 0.338 e. The van der Waals surface area contributed by atoms with Gasteiger partial charge in [0.2, 0.25) is 0 Å². The predicted octanol–water partition coefficient (Wildman–Crippen LogP) is 3.58. The zero-order valence-electron chi connectivity index (χ0n) is 13.4. The summed E-state index contributed by atoms with van der Waals surface area (Å²) >= 11 is 0. The molecule has 5 heteroatoms. The van der Waals surface area contributed by atoms with E-state index in [4.69, 9.17) is 4.74 Å². The van der Waals surface area contributed by atoms with Gasteiger partial charge in [0.1, 0.15) is 0 Å². The van der Waals surface area contributed by atoms with Crippen LogP contribution in [0.2, 0.25) is 0 Å². The van der Waals surface area contributed by atoms with Gasteiger partial charge in [-0.2, -0.15) is 0 Å². The molecule has 0 unspecified atom stereocenters. The maximum absolute atomic E-state index is 12.7. The number of methoxy groups -OCH3 is 1. The van der Waals surface area contributed by atoms with Crippen molar-refractivity contribution in [2.24, 2.45) is 0 Å². The Morgan fingerprint density at radius 2 is 1.75 bits per heavy atom. The third-order valence-corrected chi connectivity index (χ3v) is 3.88. The summed E-state index contributed by atoms with van der Waals surface area (Å²) in [4.78, 5) is 28.7. The molecule has 0 aliphatic carbocycles. The second-order valence-electron chi connectivity index (χ2n) is 5.30. The van der Waals surface area contributed by atoms with E-state index in [2.05, 4.69) is 10.3 Å². The number of fused-ring (bicyclic) bond motifs is 1. The Hall–Kier alpha value is -3.21. The summed E-state index contributed by atoms with van der Waals surface area (Å²) in [5.74, 6) is -0.684. The van der Waals surface area contributed by atoms with Crippen LogP contribution in [0.15, 0.2) is 54.7 Å². The number of hydrogen-bond acceptors (Lipinski definition) is 4. The smallest absolute Gasteiger partial charge is 0.338 e. The number of aromatic nitrogens is 1. The summed E-state index contributed by atoms with van der Waals surface area (Å²) in [5, 5.41) is 3.64. The number of nitrogens with zero attached hydrogens (tertiary/aromatic N) is 1. The summed E-state index contributed by atoms with van der Waals surface area (Å²) in [7, 11) is 1.33. The summed E-state index contributed by atoms with van der Waals surface area (Å²) in [6.45, 7) is 1.77. The van der Waals surface area contributed by atoms with Crippen molar-refractivity contribution in [2.75, 3.05) is 12.4 Å². The highest BCUT2D eigenvalue weighted by Crippen LogP contribution is 2.22. The molecule has 1 heterocycles. The monoisotopic (exact) mass is 320 g/mol. The van der Waals surface area contributed by atoms with Crippen molar-refractivity contribution in [3.63, 3.8) is 0 Å². The molecule has 0 aliphatic rings. The fourth-order valence-electron chi connectivity index (χ4n) is 2.59. The van der Waals surface area contributed by atoms with E-state index in [9.17, 15) is 9.59 Å².